The number of thioether (sulfide) groups is 2. The Kier molecular flexibility index (Phi) is 3.93. The minimum Gasteiger partial charge on any atom is -0.455 e. The Hall–Kier alpha value is -1.33. The Morgan fingerprint density at radius 2 is 1.96 bits per heavy atom. The summed E-state index contributed by atoms with van der Waals surface area (Å²) in [5.74, 6) is 3.72. The fraction of sp³-hybridized carbons (Fsp3) is 0.389. The van der Waals surface area contributed by atoms with Crippen LogP contribution in [0, 0.1) is 6.92 Å². The molecule has 120 valence electrons. The number of amides is 1. The van der Waals surface area contributed by atoms with Crippen molar-refractivity contribution >= 4 is 35.1 Å². The van der Waals surface area contributed by atoms with Crippen LogP contribution < -0.4 is 5.32 Å². The molecule has 1 amide bonds. The Labute approximate surface area is 144 Å². The summed E-state index contributed by atoms with van der Waals surface area (Å²) in [5, 5.41) is 2.94. The Morgan fingerprint density at radius 3 is 2.70 bits per heavy atom. The number of anilines is 1. The maximum Gasteiger partial charge on any atom is 0.291 e. The third-order valence-electron chi connectivity index (χ3n) is 4.50. The van der Waals surface area contributed by atoms with Gasteiger partial charge in [0.1, 0.15) is 5.76 Å². The van der Waals surface area contributed by atoms with E-state index in [0.717, 1.165) is 29.9 Å². The normalized spacial score (nSPS) is 18.8. The van der Waals surface area contributed by atoms with Gasteiger partial charge in [-0.3, -0.25) is 4.79 Å². The van der Waals surface area contributed by atoms with Crippen LogP contribution in [-0.2, 0) is 10.5 Å². The number of aryl methyl sites for hydroxylation is 1. The van der Waals surface area contributed by atoms with E-state index in [9.17, 15) is 4.79 Å². The van der Waals surface area contributed by atoms with Crippen LogP contribution in [0.4, 0.5) is 5.69 Å². The van der Waals surface area contributed by atoms with E-state index >= 15 is 0 Å². The second kappa shape index (κ2) is 5.95. The van der Waals surface area contributed by atoms with Crippen molar-refractivity contribution in [3.63, 3.8) is 0 Å². The highest BCUT2D eigenvalue weighted by molar-refractivity contribution is 8.20. The van der Waals surface area contributed by atoms with Crippen molar-refractivity contribution < 1.29 is 9.21 Å². The van der Waals surface area contributed by atoms with Crippen LogP contribution in [0.5, 0.6) is 0 Å². The van der Waals surface area contributed by atoms with Crippen LogP contribution in [0.2, 0.25) is 0 Å². The van der Waals surface area contributed by atoms with Crippen molar-refractivity contribution in [2.75, 3.05) is 16.8 Å². The smallest absolute Gasteiger partial charge is 0.291 e. The molecule has 1 saturated heterocycles. The van der Waals surface area contributed by atoms with Crippen molar-refractivity contribution in [2.45, 2.75) is 30.3 Å². The van der Waals surface area contributed by atoms with Crippen LogP contribution in [0.3, 0.4) is 0 Å². The fourth-order valence-electron chi connectivity index (χ4n) is 3.52. The molecule has 5 heteroatoms. The number of rotatable bonds is 2. The number of benzene rings is 1. The number of fused-ring (bicyclic) bond motifs is 2. The van der Waals surface area contributed by atoms with Gasteiger partial charge in [-0.1, -0.05) is 18.2 Å². The van der Waals surface area contributed by atoms with Crippen LogP contribution >= 0.6 is 23.5 Å². The van der Waals surface area contributed by atoms with Crippen molar-refractivity contribution in [1.29, 1.82) is 0 Å². The Morgan fingerprint density at radius 1 is 1.22 bits per heavy atom. The van der Waals surface area contributed by atoms with Gasteiger partial charge < -0.3 is 9.73 Å². The van der Waals surface area contributed by atoms with Crippen LogP contribution in [-0.4, -0.2) is 17.4 Å². The summed E-state index contributed by atoms with van der Waals surface area (Å²) in [7, 11) is 0. The zero-order valence-electron chi connectivity index (χ0n) is 13.1. The third-order valence-corrected chi connectivity index (χ3v) is 8.03. The highest BCUT2D eigenvalue weighted by Crippen LogP contribution is 2.59. The zero-order valence-corrected chi connectivity index (χ0v) is 14.7. The van der Waals surface area contributed by atoms with Gasteiger partial charge in [-0.2, -0.15) is 0 Å². The van der Waals surface area contributed by atoms with Crippen molar-refractivity contribution in [1.82, 2.24) is 0 Å². The molecule has 2 aromatic rings. The first-order valence-corrected chi connectivity index (χ1v) is 9.94. The maximum atomic E-state index is 12.6. The van der Waals surface area contributed by atoms with Crippen LogP contribution in [0.15, 0.2) is 34.7 Å². The van der Waals surface area contributed by atoms with E-state index in [-0.39, 0.29) is 9.99 Å². The molecule has 0 unspecified atom stereocenters. The number of furan rings is 1. The van der Waals surface area contributed by atoms with Gasteiger partial charge in [-0.25, -0.2) is 0 Å². The summed E-state index contributed by atoms with van der Waals surface area (Å²) in [4.78, 5) is 12.6. The predicted molar refractivity (Wildman–Crippen MR) is 97.4 cm³/mol. The molecule has 3 nitrogen and oxygen atoms in total. The highest BCUT2D eigenvalue weighted by atomic mass is 32.2. The number of carbonyl (C=O) groups is 1. The third kappa shape index (κ3) is 2.60. The number of hydrogen-bond donors (Lipinski definition) is 1. The largest absolute Gasteiger partial charge is 0.455 e. The second-order valence-electron chi connectivity index (χ2n) is 5.98. The highest BCUT2D eigenvalue weighted by Gasteiger charge is 2.45. The van der Waals surface area contributed by atoms with Gasteiger partial charge >= 0.3 is 0 Å². The molecule has 0 saturated carbocycles. The molecular formula is C18H19NO2S2. The van der Waals surface area contributed by atoms with Crippen molar-refractivity contribution in [2.24, 2.45) is 0 Å². The lowest BCUT2D eigenvalue weighted by atomic mass is 9.94. The van der Waals surface area contributed by atoms with Gasteiger partial charge in [0.05, 0.1) is 4.08 Å². The lowest BCUT2D eigenvalue weighted by Gasteiger charge is -2.31. The molecule has 0 radical (unpaired) electrons. The molecule has 1 aliphatic heterocycles. The summed E-state index contributed by atoms with van der Waals surface area (Å²) in [6.07, 6.45) is 3.26. The van der Waals surface area contributed by atoms with E-state index in [1.54, 1.807) is 0 Å². The molecule has 1 N–H and O–H groups in total. The van der Waals surface area contributed by atoms with Crippen molar-refractivity contribution in [3.05, 3.63) is 53.0 Å². The van der Waals surface area contributed by atoms with Crippen LogP contribution in [0.1, 0.15) is 40.3 Å². The summed E-state index contributed by atoms with van der Waals surface area (Å²) in [5.41, 5.74) is 3.11. The predicted octanol–water partition coefficient (Wildman–Crippen LogP) is 4.81. The molecule has 1 aromatic heterocycles. The average Bonchev–Trinajstić information content (AvgIpc) is 3.15. The van der Waals surface area contributed by atoms with Gasteiger partial charge in [-0.05, 0) is 31.9 Å². The van der Waals surface area contributed by atoms with Crippen molar-refractivity contribution in [3.8, 4) is 0 Å². The lowest BCUT2D eigenvalue weighted by Crippen LogP contribution is -2.21. The van der Waals surface area contributed by atoms with Gasteiger partial charge in [0.25, 0.3) is 5.91 Å². The topological polar surface area (TPSA) is 42.2 Å². The minimum atomic E-state index is -0.147. The molecule has 1 fully saturated rings. The van der Waals surface area contributed by atoms with Gasteiger partial charge in [0.2, 0.25) is 0 Å². The number of para-hydroxylation sites is 1. The van der Waals surface area contributed by atoms with Gasteiger partial charge in [0.15, 0.2) is 5.76 Å². The molecule has 23 heavy (non-hydrogen) atoms. The molecule has 2 heterocycles. The molecule has 1 spiro atoms. The number of hydrogen-bond acceptors (Lipinski definition) is 4. The quantitative estimate of drug-likeness (QED) is 0.848. The maximum absolute atomic E-state index is 12.6. The van der Waals surface area contributed by atoms with E-state index in [1.165, 1.54) is 23.5 Å². The summed E-state index contributed by atoms with van der Waals surface area (Å²) < 4.78 is 6.14. The second-order valence-corrected chi connectivity index (χ2v) is 9.02. The van der Waals surface area contributed by atoms with E-state index < -0.39 is 0 Å². The van der Waals surface area contributed by atoms with E-state index in [2.05, 4.69) is 5.32 Å². The molecule has 1 aromatic carbocycles. The van der Waals surface area contributed by atoms with E-state index in [1.807, 2.05) is 60.8 Å². The Bertz CT molecular complexity index is 733. The van der Waals surface area contributed by atoms with E-state index in [4.69, 9.17) is 4.42 Å². The lowest BCUT2D eigenvalue weighted by molar-refractivity contribution is 0.0994. The first-order chi connectivity index (χ1) is 11.2. The Balaban J connectivity index is 1.69. The monoisotopic (exact) mass is 345 g/mol. The van der Waals surface area contributed by atoms with E-state index in [0.29, 0.717) is 5.76 Å². The average molecular weight is 345 g/mol. The van der Waals surface area contributed by atoms with Gasteiger partial charge in [-0.15, -0.1) is 23.5 Å². The number of carbonyl (C=O) groups excluding carboxylic acids is 1. The summed E-state index contributed by atoms with van der Waals surface area (Å²) >= 11 is 4.05. The molecule has 1 aliphatic carbocycles. The summed E-state index contributed by atoms with van der Waals surface area (Å²) in [6.45, 7) is 2.04. The molecular weight excluding hydrogens is 326 g/mol. The minimum absolute atomic E-state index is 0.118. The molecule has 4 rings (SSSR count). The molecule has 2 aliphatic rings. The fourth-order valence-corrected chi connectivity index (χ4v) is 7.08. The zero-order chi connectivity index (χ0) is 15.9. The first kappa shape index (κ1) is 15.2. The molecule has 0 bridgehead atoms. The standard InChI is InChI=1S/C18H19NO2S2/c1-12-15-14(8-5-9-18(15)22-10-11-23-18)21-16(12)17(20)19-13-6-3-2-4-7-13/h2-4,6-7H,5,8-11H2,1H3,(H,19,20). The SMILES string of the molecule is Cc1c(C(=O)Nc2ccccc2)oc2c1C1(CCC2)SCCS1. The van der Waals surface area contributed by atoms with Crippen LogP contribution in [0.25, 0.3) is 0 Å². The molecule has 0 atom stereocenters. The first-order valence-electron chi connectivity index (χ1n) is 7.97. The number of nitrogens with one attached hydrogen (secondary N) is 1. The van der Waals surface area contributed by atoms with Gasteiger partial charge in [0, 0.05) is 34.7 Å². The summed E-state index contributed by atoms with van der Waals surface area (Å²) in [6, 6.07) is 9.54.